The molecule has 0 aromatic heterocycles. The summed E-state index contributed by atoms with van der Waals surface area (Å²) in [5.41, 5.74) is 2.28. The van der Waals surface area contributed by atoms with E-state index in [2.05, 4.69) is 5.32 Å². The first-order chi connectivity index (χ1) is 21.7. The van der Waals surface area contributed by atoms with E-state index in [9.17, 15) is 9.59 Å². The van der Waals surface area contributed by atoms with Crippen molar-refractivity contribution in [1.29, 1.82) is 0 Å². The molecule has 3 aromatic carbocycles. The summed E-state index contributed by atoms with van der Waals surface area (Å²) >= 11 is 0. The van der Waals surface area contributed by atoms with Crippen molar-refractivity contribution < 1.29 is 38.0 Å². The van der Waals surface area contributed by atoms with Crippen LogP contribution in [0.2, 0.25) is 0 Å². The Morgan fingerprint density at radius 3 is 1.87 bits per heavy atom. The molecule has 0 fully saturated rings. The molecular formula is C36H43NO8. The molecule has 3 aromatic rings. The van der Waals surface area contributed by atoms with Crippen molar-refractivity contribution in [3.63, 3.8) is 0 Å². The van der Waals surface area contributed by atoms with E-state index in [-0.39, 0.29) is 13.0 Å². The summed E-state index contributed by atoms with van der Waals surface area (Å²) in [5, 5.41) is 2.62. The normalized spacial score (nSPS) is 18.7. The molecule has 4 atom stereocenters. The van der Waals surface area contributed by atoms with Gasteiger partial charge >= 0.3 is 12.1 Å². The highest BCUT2D eigenvalue weighted by atomic mass is 16.6. The van der Waals surface area contributed by atoms with E-state index in [1.807, 2.05) is 91.0 Å². The number of methoxy groups -OCH3 is 1. The average molecular weight is 618 g/mol. The van der Waals surface area contributed by atoms with E-state index in [1.54, 1.807) is 26.8 Å². The zero-order valence-corrected chi connectivity index (χ0v) is 26.3. The molecule has 1 aliphatic heterocycles. The largest absolute Gasteiger partial charge is 0.490 e. The summed E-state index contributed by atoms with van der Waals surface area (Å²) in [6, 6.07) is 28.5. The molecule has 45 heavy (non-hydrogen) atoms. The van der Waals surface area contributed by atoms with Crippen LogP contribution in [0.3, 0.4) is 0 Å². The monoisotopic (exact) mass is 617 g/mol. The Morgan fingerprint density at radius 2 is 1.33 bits per heavy atom. The number of nitrogens with one attached hydrogen (secondary N) is 1. The van der Waals surface area contributed by atoms with Crippen LogP contribution < -0.4 is 5.32 Å². The van der Waals surface area contributed by atoms with Crippen molar-refractivity contribution in [3.8, 4) is 0 Å². The third-order valence-corrected chi connectivity index (χ3v) is 6.89. The van der Waals surface area contributed by atoms with E-state index in [1.165, 1.54) is 7.11 Å². The van der Waals surface area contributed by atoms with Crippen LogP contribution in [0.5, 0.6) is 0 Å². The number of amides is 1. The molecule has 240 valence electrons. The van der Waals surface area contributed by atoms with Gasteiger partial charge in [-0.15, -0.1) is 0 Å². The molecule has 1 aliphatic rings. The lowest BCUT2D eigenvalue weighted by Crippen LogP contribution is -2.49. The van der Waals surface area contributed by atoms with E-state index in [0.29, 0.717) is 25.6 Å². The Kier molecular flexibility index (Phi) is 12.6. The van der Waals surface area contributed by atoms with Gasteiger partial charge in [-0.2, -0.15) is 0 Å². The summed E-state index contributed by atoms with van der Waals surface area (Å²) in [7, 11) is 1.27. The SMILES string of the molecule is COC(=O)C(CC1=C[C@@H](OCc2ccccc2)[C@H](OCc2ccccc2)[C@@H](COCc2ccccc2)O1)NC(=O)OC(C)(C)C. The van der Waals surface area contributed by atoms with E-state index in [0.717, 1.165) is 16.7 Å². The van der Waals surface area contributed by atoms with Crippen LogP contribution in [-0.2, 0) is 53.0 Å². The zero-order valence-electron chi connectivity index (χ0n) is 26.3. The number of hydrogen-bond donors (Lipinski definition) is 1. The van der Waals surface area contributed by atoms with E-state index in [4.69, 9.17) is 28.4 Å². The molecular weight excluding hydrogens is 574 g/mol. The Labute approximate surface area is 265 Å². The maximum atomic E-state index is 12.8. The molecule has 0 spiro atoms. The quantitative estimate of drug-likeness (QED) is 0.216. The minimum atomic E-state index is -1.06. The molecule has 1 amide bonds. The third-order valence-electron chi connectivity index (χ3n) is 6.89. The fourth-order valence-corrected chi connectivity index (χ4v) is 4.77. The molecule has 1 heterocycles. The van der Waals surface area contributed by atoms with Crippen LogP contribution in [0.1, 0.15) is 43.9 Å². The number of alkyl carbamates (subject to hydrolysis) is 1. The van der Waals surface area contributed by atoms with E-state index < -0.39 is 42.0 Å². The minimum Gasteiger partial charge on any atom is -0.490 e. The van der Waals surface area contributed by atoms with Gasteiger partial charge in [0.2, 0.25) is 0 Å². The molecule has 0 radical (unpaired) electrons. The highest BCUT2D eigenvalue weighted by molar-refractivity contribution is 5.81. The van der Waals surface area contributed by atoms with Gasteiger partial charge in [-0.3, -0.25) is 0 Å². The fourth-order valence-electron chi connectivity index (χ4n) is 4.77. The van der Waals surface area contributed by atoms with Crippen molar-refractivity contribution >= 4 is 12.1 Å². The summed E-state index contributed by atoms with van der Waals surface area (Å²) in [4.78, 5) is 25.4. The first-order valence-electron chi connectivity index (χ1n) is 15.1. The van der Waals surface area contributed by atoms with Gasteiger partial charge in [0.05, 0.1) is 39.3 Å². The van der Waals surface area contributed by atoms with Gasteiger partial charge in [0.25, 0.3) is 0 Å². The summed E-state index contributed by atoms with van der Waals surface area (Å²) < 4.78 is 35.9. The molecule has 4 rings (SSSR count). The van der Waals surface area contributed by atoms with Crippen molar-refractivity contribution in [2.75, 3.05) is 13.7 Å². The van der Waals surface area contributed by atoms with E-state index >= 15 is 0 Å². The maximum Gasteiger partial charge on any atom is 0.408 e. The van der Waals surface area contributed by atoms with Crippen LogP contribution >= 0.6 is 0 Å². The lowest BCUT2D eigenvalue weighted by atomic mass is 10.0. The minimum absolute atomic E-state index is 0.0116. The summed E-state index contributed by atoms with van der Waals surface area (Å²) in [6.07, 6.45) is -0.598. The number of hydrogen-bond acceptors (Lipinski definition) is 8. The van der Waals surface area contributed by atoms with Gasteiger partial charge in [-0.25, -0.2) is 9.59 Å². The van der Waals surface area contributed by atoms with Crippen molar-refractivity contribution in [2.24, 2.45) is 0 Å². The second-order valence-electron chi connectivity index (χ2n) is 11.7. The summed E-state index contributed by atoms with van der Waals surface area (Å²) in [5.74, 6) is -0.196. The second kappa shape index (κ2) is 16.8. The number of carbonyl (C=O) groups excluding carboxylic acids is 2. The van der Waals surface area contributed by atoms with Gasteiger partial charge in [0.1, 0.15) is 23.9 Å². The maximum absolute atomic E-state index is 12.8. The predicted molar refractivity (Wildman–Crippen MR) is 169 cm³/mol. The van der Waals surface area contributed by atoms with Crippen LogP contribution in [-0.4, -0.2) is 55.7 Å². The average Bonchev–Trinajstić information content (AvgIpc) is 3.03. The van der Waals surface area contributed by atoms with Crippen molar-refractivity contribution in [2.45, 2.75) is 77.0 Å². The molecule has 9 heteroatoms. The number of rotatable bonds is 14. The van der Waals surface area contributed by atoms with Crippen LogP contribution in [0.15, 0.2) is 103 Å². The number of esters is 1. The van der Waals surface area contributed by atoms with Crippen LogP contribution in [0, 0.1) is 0 Å². The Hall–Kier alpha value is -4.18. The first-order valence-corrected chi connectivity index (χ1v) is 15.1. The van der Waals surface area contributed by atoms with Gasteiger partial charge in [-0.1, -0.05) is 91.0 Å². The lowest BCUT2D eigenvalue weighted by Gasteiger charge is -2.37. The topological polar surface area (TPSA) is 102 Å². The third kappa shape index (κ3) is 11.4. The predicted octanol–water partition coefficient (Wildman–Crippen LogP) is 6.11. The highest BCUT2D eigenvalue weighted by Crippen LogP contribution is 2.28. The molecule has 0 saturated carbocycles. The van der Waals surface area contributed by atoms with Gasteiger partial charge in [-0.05, 0) is 43.5 Å². The Balaban J connectivity index is 1.58. The van der Waals surface area contributed by atoms with Crippen LogP contribution in [0.25, 0.3) is 0 Å². The molecule has 1 unspecified atom stereocenters. The highest BCUT2D eigenvalue weighted by Gasteiger charge is 2.38. The van der Waals surface area contributed by atoms with Crippen molar-refractivity contribution in [1.82, 2.24) is 5.32 Å². The van der Waals surface area contributed by atoms with Crippen LogP contribution in [0.4, 0.5) is 4.79 Å². The van der Waals surface area contributed by atoms with Gasteiger partial charge < -0.3 is 33.7 Å². The summed E-state index contributed by atoms with van der Waals surface area (Å²) in [6.45, 7) is 6.48. The smallest absolute Gasteiger partial charge is 0.408 e. The molecule has 0 bridgehead atoms. The van der Waals surface area contributed by atoms with Gasteiger partial charge in [0, 0.05) is 6.42 Å². The first kappa shape index (κ1) is 33.7. The fraction of sp³-hybridized carbons (Fsp3) is 0.389. The van der Waals surface area contributed by atoms with Crippen molar-refractivity contribution in [3.05, 3.63) is 120 Å². The molecule has 9 nitrogen and oxygen atoms in total. The Morgan fingerprint density at radius 1 is 0.800 bits per heavy atom. The zero-order chi connectivity index (χ0) is 32.1. The number of carbonyl (C=O) groups is 2. The number of benzene rings is 3. The second-order valence-corrected chi connectivity index (χ2v) is 11.7. The van der Waals surface area contributed by atoms with Gasteiger partial charge in [0.15, 0.2) is 6.10 Å². The molecule has 0 aliphatic carbocycles. The molecule has 1 N–H and O–H groups in total. The molecule has 0 saturated heterocycles. The lowest BCUT2D eigenvalue weighted by molar-refractivity contribution is -0.156. The standard InChI is InChI=1S/C36H43NO8/c1-36(2,3)45-35(39)37-30(34(38)40-4)20-29-21-31(42-23-27-16-10-6-11-17-27)33(43-24-28-18-12-7-13-19-28)32(44-29)25-41-22-26-14-8-5-9-15-26/h5-19,21,30-33H,20,22-25H2,1-4H3,(H,37,39)/t30?,31-,32-,33+/m1/s1. The Bertz CT molecular complexity index is 1360. The number of ether oxygens (including phenoxy) is 6.